The van der Waals surface area contributed by atoms with Gasteiger partial charge in [-0.15, -0.1) is 0 Å². The van der Waals surface area contributed by atoms with Crippen LogP contribution in [0.1, 0.15) is 18.4 Å². The van der Waals surface area contributed by atoms with Crippen LogP contribution in [0.3, 0.4) is 0 Å². The van der Waals surface area contributed by atoms with E-state index in [1.165, 1.54) is 12.1 Å². The smallest absolute Gasteiger partial charge is 0.384 e. The number of alkyl halides is 3. The van der Waals surface area contributed by atoms with Crippen molar-refractivity contribution in [1.82, 2.24) is 0 Å². The molecule has 0 bridgehead atoms. The second kappa shape index (κ2) is 6.01. The molecule has 1 unspecified atom stereocenters. The molecule has 1 aliphatic heterocycles. The third-order valence-corrected chi connectivity index (χ3v) is 3.36. The fourth-order valence-corrected chi connectivity index (χ4v) is 2.30. The Hall–Kier alpha value is -0.940. The van der Waals surface area contributed by atoms with Crippen LogP contribution in [-0.2, 0) is 10.9 Å². The Morgan fingerprint density at radius 1 is 1.37 bits per heavy atom. The standard InChI is InChI=1S/C13H15ClF3NO/c14-10-3-4-12(11(6-10)13(15,16)17)18-7-9-2-1-5-19-8-9/h3-4,6,9,18H,1-2,5,7-8H2. The maximum absolute atomic E-state index is 12.9. The highest BCUT2D eigenvalue weighted by atomic mass is 35.5. The molecule has 0 spiro atoms. The lowest BCUT2D eigenvalue weighted by Crippen LogP contribution is -2.25. The van der Waals surface area contributed by atoms with Gasteiger partial charge in [0.25, 0.3) is 0 Å². The first-order valence-corrected chi connectivity index (χ1v) is 6.53. The number of hydrogen-bond donors (Lipinski definition) is 1. The van der Waals surface area contributed by atoms with Gasteiger partial charge in [-0.05, 0) is 37.0 Å². The minimum atomic E-state index is -4.41. The molecule has 1 atom stereocenters. The van der Waals surface area contributed by atoms with Gasteiger partial charge >= 0.3 is 6.18 Å². The van der Waals surface area contributed by atoms with Crippen LogP contribution in [0.2, 0.25) is 5.02 Å². The summed E-state index contributed by atoms with van der Waals surface area (Å²) in [6, 6.07) is 3.77. The molecule has 2 nitrogen and oxygen atoms in total. The Labute approximate surface area is 114 Å². The normalized spacial score (nSPS) is 20.3. The van der Waals surface area contributed by atoms with E-state index < -0.39 is 11.7 Å². The van der Waals surface area contributed by atoms with Gasteiger partial charge in [0.15, 0.2) is 0 Å². The molecule has 106 valence electrons. The molecule has 1 N–H and O–H groups in total. The van der Waals surface area contributed by atoms with Gasteiger partial charge < -0.3 is 10.1 Å². The largest absolute Gasteiger partial charge is 0.418 e. The van der Waals surface area contributed by atoms with Crippen molar-refractivity contribution in [2.24, 2.45) is 5.92 Å². The van der Waals surface area contributed by atoms with Gasteiger partial charge in [-0.25, -0.2) is 0 Å². The molecule has 2 rings (SSSR count). The van der Waals surface area contributed by atoms with E-state index in [4.69, 9.17) is 16.3 Å². The predicted octanol–water partition coefficient (Wildman–Crippen LogP) is 4.20. The van der Waals surface area contributed by atoms with Gasteiger partial charge in [-0.2, -0.15) is 13.2 Å². The predicted molar refractivity (Wildman–Crippen MR) is 68.5 cm³/mol. The van der Waals surface area contributed by atoms with Crippen molar-refractivity contribution in [3.05, 3.63) is 28.8 Å². The Bertz CT molecular complexity index is 430. The summed E-state index contributed by atoms with van der Waals surface area (Å²) < 4.78 is 43.9. The molecule has 19 heavy (non-hydrogen) atoms. The van der Waals surface area contributed by atoms with Crippen LogP contribution in [0.25, 0.3) is 0 Å². The van der Waals surface area contributed by atoms with E-state index >= 15 is 0 Å². The summed E-state index contributed by atoms with van der Waals surface area (Å²) in [5.74, 6) is 0.255. The fraction of sp³-hybridized carbons (Fsp3) is 0.538. The Morgan fingerprint density at radius 2 is 2.16 bits per heavy atom. The van der Waals surface area contributed by atoms with Crippen LogP contribution in [0.15, 0.2) is 18.2 Å². The third-order valence-electron chi connectivity index (χ3n) is 3.12. The Kier molecular flexibility index (Phi) is 4.58. The first-order chi connectivity index (χ1) is 8.97. The third kappa shape index (κ3) is 4.01. The summed E-state index contributed by atoms with van der Waals surface area (Å²) in [4.78, 5) is 0. The molecule has 1 aromatic carbocycles. The minimum absolute atomic E-state index is 0.0717. The topological polar surface area (TPSA) is 21.3 Å². The molecule has 1 aromatic rings. The first kappa shape index (κ1) is 14.5. The van der Waals surface area contributed by atoms with Crippen molar-refractivity contribution in [3.63, 3.8) is 0 Å². The average Bonchev–Trinajstić information content (AvgIpc) is 2.37. The van der Waals surface area contributed by atoms with E-state index in [-0.39, 0.29) is 16.6 Å². The molecule has 0 saturated carbocycles. The molecule has 0 amide bonds. The highest BCUT2D eigenvalue weighted by molar-refractivity contribution is 6.30. The summed E-state index contributed by atoms with van der Waals surface area (Å²) in [6.07, 6.45) is -2.47. The van der Waals surface area contributed by atoms with Gasteiger partial charge in [0.2, 0.25) is 0 Å². The van der Waals surface area contributed by atoms with E-state index in [1.807, 2.05) is 0 Å². The fourth-order valence-electron chi connectivity index (χ4n) is 2.13. The lowest BCUT2D eigenvalue weighted by Gasteiger charge is -2.23. The molecule has 0 radical (unpaired) electrons. The maximum atomic E-state index is 12.9. The second-order valence-electron chi connectivity index (χ2n) is 4.65. The summed E-state index contributed by atoms with van der Waals surface area (Å²) in [7, 11) is 0. The summed E-state index contributed by atoms with van der Waals surface area (Å²) in [5.41, 5.74) is -0.654. The van der Waals surface area contributed by atoms with Gasteiger partial charge in [0.1, 0.15) is 0 Å². The molecular weight excluding hydrogens is 279 g/mol. The zero-order valence-corrected chi connectivity index (χ0v) is 11.0. The van der Waals surface area contributed by atoms with Crippen molar-refractivity contribution < 1.29 is 17.9 Å². The summed E-state index contributed by atoms with van der Waals surface area (Å²) in [6.45, 7) is 1.82. The van der Waals surface area contributed by atoms with E-state index in [2.05, 4.69) is 5.32 Å². The number of hydrogen-bond acceptors (Lipinski definition) is 2. The van der Waals surface area contributed by atoms with Gasteiger partial charge in [0.05, 0.1) is 12.2 Å². The van der Waals surface area contributed by atoms with E-state index in [0.717, 1.165) is 25.5 Å². The van der Waals surface area contributed by atoms with Crippen molar-refractivity contribution in [1.29, 1.82) is 0 Å². The quantitative estimate of drug-likeness (QED) is 0.902. The first-order valence-electron chi connectivity index (χ1n) is 6.15. The monoisotopic (exact) mass is 293 g/mol. The zero-order valence-electron chi connectivity index (χ0n) is 10.3. The number of benzene rings is 1. The number of anilines is 1. The van der Waals surface area contributed by atoms with Crippen LogP contribution in [0.5, 0.6) is 0 Å². The van der Waals surface area contributed by atoms with Crippen LogP contribution in [0.4, 0.5) is 18.9 Å². The van der Waals surface area contributed by atoms with E-state index in [1.54, 1.807) is 0 Å². The van der Waals surface area contributed by atoms with Crippen LogP contribution in [-0.4, -0.2) is 19.8 Å². The number of rotatable bonds is 3. The highest BCUT2D eigenvalue weighted by Crippen LogP contribution is 2.36. The highest BCUT2D eigenvalue weighted by Gasteiger charge is 2.33. The molecule has 1 heterocycles. The van der Waals surface area contributed by atoms with Crippen molar-refractivity contribution in [2.45, 2.75) is 19.0 Å². The van der Waals surface area contributed by atoms with Crippen molar-refractivity contribution in [2.75, 3.05) is 25.1 Å². The summed E-state index contributed by atoms with van der Waals surface area (Å²) >= 11 is 5.62. The SMILES string of the molecule is FC(F)(F)c1cc(Cl)ccc1NCC1CCCOC1. The van der Waals surface area contributed by atoms with Crippen LogP contribution < -0.4 is 5.32 Å². The minimum Gasteiger partial charge on any atom is -0.384 e. The second-order valence-corrected chi connectivity index (χ2v) is 5.09. The molecule has 1 fully saturated rings. The van der Waals surface area contributed by atoms with Gasteiger partial charge in [-0.3, -0.25) is 0 Å². The maximum Gasteiger partial charge on any atom is 0.418 e. The van der Waals surface area contributed by atoms with Crippen LogP contribution >= 0.6 is 11.6 Å². The number of nitrogens with one attached hydrogen (secondary N) is 1. The summed E-state index contributed by atoms with van der Waals surface area (Å²) in [5, 5.41) is 2.94. The molecular formula is C13H15ClF3NO. The van der Waals surface area contributed by atoms with Crippen molar-refractivity contribution in [3.8, 4) is 0 Å². The van der Waals surface area contributed by atoms with E-state index in [0.29, 0.717) is 13.2 Å². The molecule has 0 aromatic heterocycles. The molecule has 0 aliphatic carbocycles. The lowest BCUT2D eigenvalue weighted by molar-refractivity contribution is -0.136. The molecule has 1 aliphatic rings. The van der Waals surface area contributed by atoms with E-state index in [9.17, 15) is 13.2 Å². The van der Waals surface area contributed by atoms with Gasteiger partial charge in [-0.1, -0.05) is 11.6 Å². The molecule has 1 saturated heterocycles. The number of halogens is 4. The Morgan fingerprint density at radius 3 is 2.79 bits per heavy atom. The van der Waals surface area contributed by atoms with Crippen LogP contribution in [0, 0.1) is 5.92 Å². The average molecular weight is 294 g/mol. The Balaban J connectivity index is 2.06. The number of ether oxygens (including phenoxy) is 1. The zero-order chi connectivity index (χ0) is 13.9. The molecule has 6 heteroatoms. The van der Waals surface area contributed by atoms with Gasteiger partial charge in [0, 0.05) is 23.9 Å². The van der Waals surface area contributed by atoms with Crippen molar-refractivity contribution >= 4 is 17.3 Å². The lowest BCUT2D eigenvalue weighted by atomic mass is 10.0.